The molecule has 1 aromatic rings. The van der Waals surface area contributed by atoms with E-state index in [0.717, 1.165) is 31.1 Å². The van der Waals surface area contributed by atoms with Gasteiger partial charge in [0.25, 0.3) is 0 Å². The molecule has 0 bridgehead atoms. The van der Waals surface area contributed by atoms with Gasteiger partial charge in [0.1, 0.15) is 5.82 Å². The summed E-state index contributed by atoms with van der Waals surface area (Å²) in [5.74, 6) is 0.190. The molecule has 1 aliphatic heterocycles. The summed E-state index contributed by atoms with van der Waals surface area (Å²) in [6, 6.07) is 4.55. The van der Waals surface area contributed by atoms with Crippen LogP contribution in [0.2, 0.25) is 0 Å². The van der Waals surface area contributed by atoms with Crippen molar-refractivity contribution in [1.82, 2.24) is 4.90 Å². The summed E-state index contributed by atoms with van der Waals surface area (Å²) < 4.78 is 13.3. The van der Waals surface area contributed by atoms with E-state index >= 15 is 0 Å². The number of nitrogens with zero attached hydrogens (tertiary/aromatic N) is 1. The molecule has 1 atom stereocenters. The molecule has 1 aliphatic rings. The Balaban J connectivity index is 2.04. The van der Waals surface area contributed by atoms with E-state index in [9.17, 15) is 4.39 Å². The van der Waals surface area contributed by atoms with Crippen LogP contribution in [0.5, 0.6) is 0 Å². The molecular weight excluding hydrogens is 232 g/mol. The Hall–Kier alpha value is -0.905. The van der Waals surface area contributed by atoms with E-state index in [-0.39, 0.29) is 5.46 Å². The van der Waals surface area contributed by atoms with Crippen LogP contribution in [0.25, 0.3) is 0 Å². The Morgan fingerprint density at radius 2 is 2.22 bits per heavy atom. The van der Waals surface area contributed by atoms with Crippen LogP contribution < -0.4 is 5.46 Å². The quantitative estimate of drug-likeness (QED) is 0.775. The van der Waals surface area contributed by atoms with Crippen LogP contribution in [0.4, 0.5) is 4.39 Å². The van der Waals surface area contributed by atoms with Gasteiger partial charge in [-0.2, -0.15) is 0 Å². The number of hydrogen-bond donors (Lipinski definition) is 2. The average Bonchev–Trinajstić information content (AvgIpc) is 2.79. The zero-order chi connectivity index (χ0) is 13.1. The van der Waals surface area contributed by atoms with Gasteiger partial charge >= 0.3 is 7.12 Å². The van der Waals surface area contributed by atoms with E-state index < -0.39 is 12.9 Å². The first-order valence-electron chi connectivity index (χ1n) is 6.47. The average molecular weight is 251 g/mol. The van der Waals surface area contributed by atoms with Crippen molar-refractivity contribution in [1.29, 1.82) is 0 Å². The lowest BCUT2D eigenvalue weighted by atomic mass is 9.79. The monoisotopic (exact) mass is 251 g/mol. The summed E-state index contributed by atoms with van der Waals surface area (Å²) in [6.45, 7) is 5.08. The van der Waals surface area contributed by atoms with Crippen LogP contribution in [-0.4, -0.2) is 35.2 Å². The minimum atomic E-state index is -1.74. The van der Waals surface area contributed by atoms with Crippen molar-refractivity contribution in [2.75, 3.05) is 13.1 Å². The molecule has 18 heavy (non-hydrogen) atoms. The highest BCUT2D eigenvalue weighted by Crippen LogP contribution is 2.20. The summed E-state index contributed by atoms with van der Waals surface area (Å²) in [5, 5.41) is 18.1. The lowest BCUT2D eigenvalue weighted by Gasteiger charge is -2.16. The van der Waals surface area contributed by atoms with Gasteiger partial charge in [0, 0.05) is 18.6 Å². The van der Waals surface area contributed by atoms with Gasteiger partial charge in [-0.15, -0.1) is 0 Å². The highest BCUT2D eigenvalue weighted by molar-refractivity contribution is 6.58. The van der Waals surface area contributed by atoms with Gasteiger partial charge in [0.05, 0.1) is 0 Å². The molecule has 0 aromatic heterocycles. The topological polar surface area (TPSA) is 43.7 Å². The molecule has 0 spiro atoms. The van der Waals surface area contributed by atoms with E-state index in [1.807, 2.05) is 0 Å². The normalized spacial score (nSPS) is 20.3. The van der Waals surface area contributed by atoms with Crippen LogP contribution in [0.15, 0.2) is 18.2 Å². The van der Waals surface area contributed by atoms with Crippen molar-refractivity contribution < 1.29 is 14.4 Å². The first kappa shape index (κ1) is 13.5. The fourth-order valence-electron chi connectivity index (χ4n) is 2.54. The van der Waals surface area contributed by atoms with Gasteiger partial charge in [-0.3, -0.25) is 4.90 Å². The maximum absolute atomic E-state index is 13.3. The van der Waals surface area contributed by atoms with E-state index in [2.05, 4.69) is 11.8 Å². The summed E-state index contributed by atoms with van der Waals surface area (Å²) >= 11 is 0. The molecule has 0 amide bonds. The standard InChI is InChI=1S/C13H19BFNO2/c1-2-10-5-6-16(8-10)9-11-3-4-13(15)12(7-11)14(17)18/h3-4,7,10,17-18H,2,5-6,8-9H2,1H3. The zero-order valence-electron chi connectivity index (χ0n) is 10.6. The maximum atomic E-state index is 13.3. The molecule has 3 nitrogen and oxygen atoms in total. The van der Waals surface area contributed by atoms with Crippen molar-refractivity contribution in [2.45, 2.75) is 26.3 Å². The van der Waals surface area contributed by atoms with E-state index in [0.29, 0.717) is 0 Å². The van der Waals surface area contributed by atoms with Crippen molar-refractivity contribution in [2.24, 2.45) is 5.92 Å². The van der Waals surface area contributed by atoms with Crippen molar-refractivity contribution in [3.05, 3.63) is 29.6 Å². The zero-order valence-corrected chi connectivity index (χ0v) is 10.6. The van der Waals surface area contributed by atoms with Crippen molar-refractivity contribution >= 4 is 12.6 Å². The highest BCUT2D eigenvalue weighted by atomic mass is 19.1. The molecule has 1 aromatic carbocycles. The Bertz CT molecular complexity index is 414. The van der Waals surface area contributed by atoms with Crippen LogP contribution in [0.3, 0.4) is 0 Å². The Morgan fingerprint density at radius 1 is 1.44 bits per heavy atom. The van der Waals surface area contributed by atoms with Crippen LogP contribution >= 0.6 is 0 Å². The third-order valence-corrected chi connectivity index (χ3v) is 3.69. The van der Waals surface area contributed by atoms with Crippen LogP contribution in [-0.2, 0) is 6.54 Å². The van der Waals surface area contributed by atoms with Gasteiger partial charge in [-0.25, -0.2) is 4.39 Å². The second-order valence-electron chi connectivity index (χ2n) is 5.03. The molecule has 2 N–H and O–H groups in total. The molecule has 0 saturated carbocycles. The molecule has 1 fully saturated rings. The molecule has 0 radical (unpaired) electrons. The Morgan fingerprint density at radius 3 is 2.83 bits per heavy atom. The summed E-state index contributed by atoms with van der Waals surface area (Å²) in [7, 11) is -1.74. The largest absolute Gasteiger partial charge is 0.491 e. The summed E-state index contributed by atoms with van der Waals surface area (Å²) in [6.07, 6.45) is 2.41. The predicted octanol–water partition coefficient (Wildman–Crippen LogP) is 0.737. The third kappa shape index (κ3) is 3.10. The molecule has 1 heterocycles. The van der Waals surface area contributed by atoms with E-state index in [1.165, 1.54) is 18.9 Å². The number of hydrogen-bond acceptors (Lipinski definition) is 3. The van der Waals surface area contributed by atoms with Gasteiger partial charge in [0.15, 0.2) is 0 Å². The number of likely N-dealkylation sites (tertiary alicyclic amines) is 1. The fourth-order valence-corrected chi connectivity index (χ4v) is 2.54. The van der Waals surface area contributed by atoms with Crippen LogP contribution in [0, 0.1) is 11.7 Å². The van der Waals surface area contributed by atoms with E-state index in [4.69, 9.17) is 10.0 Å². The number of halogens is 1. The predicted molar refractivity (Wildman–Crippen MR) is 69.9 cm³/mol. The molecule has 1 unspecified atom stereocenters. The first-order chi connectivity index (χ1) is 8.60. The Kier molecular flexibility index (Phi) is 4.38. The van der Waals surface area contributed by atoms with Crippen LogP contribution in [0.1, 0.15) is 25.3 Å². The van der Waals surface area contributed by atoms with Crippen molar-refractivity contribution in [3.63, 3.8) is 0 Å². The van der Waals surface area contributed by atoms with Gasteiger partial charge in [0.2, 0.25) is 0 Å². The highest BCUT2D eigenvalue weighted by Gasteiger charge is 2.22. The summed E-state index contributed by atoms with van der Waals surface area (Å²) in [5.41, 5.74) is 0.884. The lowest BCUT2D eigenvalue weighted by molar-refractivity contribution is 0.315. The third-order valence-electron chi connectivity index (χ3n) is 3.69. The molecule has 0 aliphatic carbocycles. The first-order valence-corrected chi connectivity index (χ1v) is 6.47. The lowest BCUT2D eigenvalue weighted by Crippen LogP contribution is -2.33. The molecule has 5 heteroatoms. The molecule has 2 rings (SSSR count). The van der Waals surface area contributed by atoms with E-state index in [1.54, 1.807) is 12.1 Å². The minimum Gasteiger partial charge on any atom is -0.423 e. The van der Waals surface area contributed by atoms with Crippen molar-refractivity contribution in [3.8, 4) is 0 Å². The smallest absolute Gasteiger partial charge is 0.423 e. The number of benzene rings is 1. The van der Waals surface area contributed by atoms with Gasteiger partial charge < -0.3 is 10.0 Å². The fraction of sp³-hybridized carbons (Fsp3) is 0.538. The molecular formula is C13H19BFNO2. The minimum absolute atomic E-state index is 0.0428. The maximum Gasteiger partial charge on any atom is 0.491 e. The Labute approximate surface area is 107 Å². The number of rotatable bonds is 4. The SMILES string of the molecule is CCC1CCN(Cc2ccc(F)c(B(O)O)c2)C1. The van der Waals surface area contributed by atoms with Gasteiger partial charge in [-0.1, -0.05) is 25.5 Å². The second-order valence-corrected chi connectivity index (χ2v) is 5.03. The van der Waals surface area contributed by atoms with Gasteiger partial charge in [-0.05, 0) is 30.5 Å². The summed E-state index contributed by atoms with van der Waals surface area (Å²) in [4.78, 5) is 2.33. The molecule has 98 valence electrons. The molecule has 1 saturated heterocycles. The second kappa shape index (κ2) is 5.82.